The number of anilines is 1. The molecule has 3 aromatic heterocycles. The molecule has 4 heterocycles. The molecule has 0 aliphatic carbocycles. The Morgan fingerprint density at radius 1 is 1.29 bits per heavy atom. The smallest absolute Gasteiger partial charge is 0.255 e. The third kappa shape index (κ3) is 3.36. The number of nitrogens with zero attached hydrogens (tertiary/aromatic N) is 9. The molecule has 1 aliphatic rings. The minimum atomic E-state index is -0.548. The number of hydrogen-bond acceptors (Lipinski definition) is 8. The fraction of sp³-hybridized carbons (Fsp3) is 0.261. The first-order chi connectivity index (χ1) is 16.4. The molecule has 0 saturated heterocycles. The van der Waals surface area contributed by atoms with Crippen LogP contribution in [-0.2, 0) is 12.1 Å². The number of nitriles is 1. The van der Waals surface area contributed by atoms with E-state index < -0.39 is 5.54 Å². The number of tetrazole rings is 1. The quantitative estimate of drug-likeness (QED) is 0.350. The van der Waals surface area contributed by atoms with E-state index in [1.807, 2.05) is 45.0 Å². The summed E-state index contributed by atoms with van der Waals surface area (Å²) < 4.78 is 1.79. The number of hydrazone groups is 1. The summed E-state index contributed by atoms with van der Waals surface area (Å²) in [4.78, 5) is 19.3. The van der Waals surface area contributed by atoms with Crippen LogP contribution in [0.3, 0.4) is 0 Å². The molecule has 170 valence electrons. The van der Waals surface area contributed by atoms with E-state index >= 15 is 0 Å². The van der Waals surface area contributed by atoms with Gasteiger partial charge in [-0.3, -0.25) is 4.79 Å². The molecule has 0 spiro atoms. The highest BCUT2D eigenvalue weighted by Crippen LogP contribution is 2.39. The van der Waals surface area contributed by atoms with Gasteiger partial charge in [0, 0.05) is 24.5 Å². The topological polar surface area (TPSA) is 131 Å². The standard InChI is InChI=1S/C23H22N10O/c1-4-33(21-19-8-6-16(12-24)31(19)10-9-25-21)26-13-15-5-7-17-18(11-15)23(2,3)32(22(17)34)14-20-27-29-30-28-20/h5-11,13H,4,14H2,1-3H3,(H,27,28,29,30)/b26-13+. The molecular formula is C23H22N10O. The van der Waals surface area contributed by atoms with Crippen molar-refractivity contribution in [2.75, 3.05) is 11.6 Å². The van der Waals surface area contributed by atoms with Crippen molar-refractivity contribution in [3.63, 3.8) is 0 Å². The SMILES string of the molecule is CCN(/N=C/c1ccc2c(c1)C(C)(C)N(Cc1nn[nH]n1)C2=O)c1nccn2c(C#N)ccc12. The number of amides is 1. The number of hydrogen-bond donors (Lipinski definition) is 1. The Bertz CT molecular complexity index is 1440. The summed E-state index contributed by atoms with van der Waals surface area (Å²) in [7, 11) is 0. The molecule has 1 aliphatic heterocycles. The van der Waals surface area contributed by atoms with Crippen LogP contribution in [0.1, 0.15) is 53.8 Å². The molecule has 34 heavy (non-hydrogen) atoms. The first-order valence-electron chi connectivity index (χ1n) is 10.8. The van der Waals surface area contributed by atoms with Gasteiger partial charge in [0.25, 0.3) is 5.91 Å². The molecule has 1 amide bonds. The van der Waals surface area contributed by atoms with Crippen molar-refractivity contribution in [3.05, 3.63) is 70.9 Å². The van der Waals surface area contributed by atoms with E-state index in [1.54, 1.807) is 39.0 Å². The van der Waals surface area contributed by atoms with Crippen LogP contribution in [0.2, 0.25) is 0 Å². The number of carbonyl (C=O) groups is 1. The van der Waals surface area contributed by atoms with E-state index in [0.717, 1.165) is 16.6 Å². The third-order valence-corrected chi connectivity index (χ3v) is 6.11. The summed E-state index contributed by atoms with van der Waals surface area (Å²) in [6.07, 6.45) is 5.17. The Morgan fingerprint density at radius 3 is 2.88 bits per heavy atom. The average Bonchev–Trinajstić information content (AvgIpc) is 3.55. The first kappa shape index (κ1) is 21.3. The lowest BCUT2D eigenvalue weighted by molar-refractivity contribution is 0.0587. The second-order valence-electron chi connectivity index (χ2n) is 8.38. The molecule has 0 fully saturated rings. The molecule has 0 bridgehead atoms. The molecule has 1 aromatic carbocycles. The maximum absolute atomic E-state index is 13.1. The number of aromatic amines is 1. The third-order valence-electron chi connectivity index (χ3n) is 6.11. The summed E-state index contributed by atoms with van der Waals surface area (Å²) in [5, 5.41) is 29.7. The van der Waals surface area contributed by atoms with Crippen LogP contribution in [0.4, 0.5) is 5.82 Å². The van der Waals surface area contributed by atoms with Gasteiger partial charge in [-0.25, -0.2) is 9.99 Å². The Kier molecular flexibility index (Phi) is 5.05. The zero-order valence-electron chi connectivity index (χ0n) is 19.0. The van der Waals surface area contributed by atoms with Crippen LogP contribution in [0.15, 0.2) is 47.8 Å². The largest absolute Gasteiger partial charge is 0.322 e. The van der Waals surface area contributed by atoms with E-state index in [9.17, 15) is 10.1 Å². The Morgan fingerprint density at radius 2 is 2.15 bits per heavy atom. The number of aromatic nitrogens is 6. The second kappa shape index (κ2) is 8.08. The normalized spacial score (nSPS) is 14.6. The number of H-pyrrole nitrogens is 1. The number of rotatable bonds is 6. The van der Waals surface area contributed by atoms with Gasteiger partial charge in [0.1, 0.15) is 11.8 Å². The van der Waals surface area contributed by atoms with Gasteiger partial charge < -0.3 is 9.30 Å². The van der Waals surface area contributed by atoms with Crippen molar-refractivity contribution in [2.24, 2.45) is 5.10 Å². The predicted molar refractivity (Wildman–Crippen MR) is 124 cm³/mol. The summed E-state index contributed by atoms with van der Waals surface area (Å²) in [5.41, 5.74) is 3.22. The van der Waals surface area contributed by atoms with Crippen LogP contribution in [0.5, 0.6) is 0 Å². The first-order valence-corrected chi connectivity index (χ1v) is 10.8. The van der Waals surface area contributed by atoms with Gasteiger partial charge in [0.2, 0.25) is 0 Å². The number of carbonyl (C=O) groups excluding carboxylic acids is 1. The van der Waals surface area contributed by atoms with Crippen LogP contribution in [0.25, 0.3) is 5.52 Å². The molecular weight excluding hydrogens is 432 g/mol. The molecule has 0 unspecified atom stereocenters. The van der Waals surface area contributed by atoms with Gasteiger partial charge >= 0.3 is 0 Å². The van der Waals surface area contributed by atoms with Crippen LogP contribution in [0, 0.1) is 11.3 Å². The molecule has 11 heteroatoms. The maximum atomic E-state index is 13.1. The number of benzene rings is 1. The Hall–Kier alpha value is -4.59. The van der Waals surface area contributed by atoms with Crippen molar-refractivity contribution in [3.8, 4) is 6.07 Å². The molecule has 0 radical (unpaired) electrons. The highest BCUT2D eigenvalue weighted by atomic mass is 16.2. The monoisotopic (exact) mass is 454 g/mol. The summed E-state index contributed by atoms with van der Waals surface area (Å²) >= 11 is 0. The van der Waals surface area contributed by atoms with Gasteiger partial charge in [-0.15, -0.1) is 10.2 Å². The van der Waals surface area contributed by atoms with Crippen LogP contribution in [-0.4, -0.2) is 53.6 Å². The van der Waals surface area contributed by atoms with E-state index in [4.69, 9.17) is 0 Å². The van der Waals surface area contributed by atoms with Gasteiger partial charge in [0.05, 0.1) is 23.8 Å². The summed E-state index contributed by atoms with van der Waals surface area (Å²) in [6.45, 7) is 6.84. The summed E-state index contributed by atoms with van der Waals surface area (Å²) in [6, 6.07) is 11.5. The average molecular weight is 454 g/mol. The van der Waals surface area contributed by atoms with Crippen molar-refractivity contribution in [1.82, 2.24) is 34.9 Å². The molecule has 1 N–H and O–H groups in total. The molecule has 0 atom stereocenters. The van der Waals surface area contributed by atoms with E-state index in [2.05, 4.69) is 36.8 Å². The van der Waals surface area contributed by atoms with E-state index in [1.165, 1.54) is 0 Å². The lowest BCUT2D eigenvalue weighted by atomic mass is 9.92. The van der Waals surface area contributed by atoms with Gasteiger partial charge in [-0.05, 0) is 56.2 Å². The zero-order chi connectivity index (χ0) is 23.9. The minimum Gasteiger partial charge on any atom is -0.322 e. The zero-order valence-corrected chi connectivity index (χ0v) is 19.0. The molecule has 11 nitrogen and oxygen atoms in total. The van der Waals surface area contributed by atoms with E-state index in [0.29, 0.717) is 29.4 Å². The van der Waals surface area contributed by atoms with Crippen LogP contribution >= 0.6 is 0 Å². The van der Waals surface area contributed by atoms with Crippen molar-refractivity contribution in [1.29, 1.82) is 5.26 Å². The van der Waals surface area contributed by atoms with Crippen LogP contribution < -0.4 is 5.01 Å². The number of fused-ring (bicyclic) bond motifs is 2. The highest BCUT2D eigenvalue weighted by molar-refractivity contribution is 6.00. The van der Waals surface area contributed by atoms with Crippen molar-refractivity contribution < 1.29 is 4.79 Å². The lowest BCUT2D eigenvalue weighted by Gasteiger charge is -2.31. The fourth-order valence-electron chi connectivity index (χ4n) is 4.28. The molecule has 0 saturated carbocycles. The fourth-order valence-corrected chi connectivity index (χ4v) is 4.28. The van der Waals surface area contributed by atoms with Crippen molar-refractivity contribution in [2.45, 2.75) is 32.9 Å². The Labute approximate surface area is 195 Å². The predicted octanol–water partition coefficient (Wildman–Crippen LogP) is 2.47. The van der Waals surface area contributed by atoms with Gasteiger partial charge in [-0.2, -0.15) is 15.6 Å². The van der Waals surface area contributed by atoms with Crippen molar-refractivity contribution >= 4 is 23.5 Å². The van der Waals surface area contributed by atoms with Gasteiger partial charge in [-0.1, -0.05) is 11.3 Å². The van der Waals surface area contributed by atoms with Gasteiger partial charge in [0.15, 0.2) is 11.6 Å². The number of nitrogens with one attached hydrogen (secondary N) is 1. The van der Waals surface area contributed by atoms with E-state index in [-0.39, 0.29) is 12.5 Å². The minimum absolute atomic E-state index is 0.0686. The lowest BCUT2D eigenvalue weighted by Crippen LogP contribution is -2.38. The highest BCUT2D eigenvalue weighted by Gasteiger charge is 2.43. The summed E-state index contributed by atoms with van der Waals surface area (Å²) in [5.74, 6) is 1.05. The Balaban J connectivity index is 1.45. The second-order valence-corrected chi connectivity index (χ2v) is 8.38. The maximum Gasteiger partial charge on any atom is 0.255 e. The molecule has 5 rings (SSSR count). The molecule has 4 aromatic rings.